The molecule has 1 heterocycles. The van der Waals surface area contributed by atoms with E-state index in [0.717, 1.165) is 13.1 Å². The largest absolute Gasteiger partial charge is 0.336 e. The fraction of sp³-hybridized carbons (Fsp3) is 0.240. The molecule has 1 aliphatic rings. The Hall–Kier alpha value is -2.98. The molecule has 4 rings (SSSR count). The van der Waals surface area contributed by atoms with E-state index in [9.17, 15) is 9.18 Å². The van der Waals surface area contributed by atoms with E-state index in [4.69, 9.17) is 0 Å². The fourth-order valence-corrected chi connectivity index (χ4v) is 3.99. The van der Waals surface area contributed by atoms with E-state index in [1.54, 1.807) is 12.1 Å². The highest BCUT2D eigenvalue weighted by atomic mass is 19.1. The van der Waals surface area contributed by atoms with Crippen LogP contribution in [-0.2, 0) is 0 Å². The highest BCUT2D eigenvalue weighted by Crippen LogP contribution is 2.30. The summed E-state index contributed by atoms with van der Waals surface area (Å²) in [7, 11) is 0. The van der Waals surface area contributed by atoms with Crippen LogP contribution in [0.15, 0.2) is 78.9 Å². The van der Waals surface area contributed by atoms with Gasteiger partial charge in [0, 0.05) is 31.7 Å². The molecule has 0 unspecified atom stereocenters. The highest BCUT2D eigenvalue weighted by molar-refractivity contribution is 5.94. The second-order valence-corrected chi connectivity index (χ2v) is 7.56. The number of carbonyl (C=O) groups is 1. The lowest BCUT2D eigenvalue weighted by Gasteiger charge is -2.40. The second-order valence-electron chi connectivity index (χ2n) is 7.56. The molecule has 3 aromatic carbocycles. The third kappa shape index (κ3) is 4.38. The number of halogens is 1. The average Bonchev–Trinajstić information content (AvgIpc) is 2.76. The maximum atomic E-state index is 13.5. The Morgan fingerprint density at radius 2 is 1.48 bits per heavy atom. The zero-order chi connectivity index (χ0) is 20.2. The van der Waals surface area contributed by atoms with Crippen molar-refractivity contribution >= 4 is 5.91 Å². The normalized spacial score (nSPS) is 15.9. The first kappa shape index (κ1) is 19.3. The molecule has 0 aromatic heterocycles. The zero-order valence-corrected chi connectivity index (χ0v) is 16.6. The number of hydrogen-bond acceptors (Lipinski definition) is 2. The zero-order valence-electron chi connectivity index (χ0n) is 16.6. The van der Waals surface area contributed by atoms with Crippen LogP contribution < -0.4 is 0 Å². The number of piperazine rings is 1. The van der Waals surface area contributed by atoms with Crippen LogP contribution in [0.25, 0.3) is 0 Å². The minimum absolute atomic E-state index is 0.101. The highest BCUT2D eigenvalue weighted by Gasteiger charge is 2.28. The molecule has 148 valence electrons. The first-order valence-corrected chi connectivity index (χ1v) is 10.0. The van der Waals surface area contributed by atoms with Crippen molar-refractivity contribution < 1.29 is 9.18 Å². The summed E-state index contributed by atoms with van der Waals surface area (Å²) in [6.45, 7) is 4.90. The van der Waals surface area contributed by atoms with Gasteiger partial charge in [-0.1, -0.05) is 66.2 Å². The molecule has 3 nitrogen and oxygen atoms in total. The van der Waals surface area contributed by atoms with Gasteiger partial charge in [0.15, 0.2) is 0 Å². The van der Waals surface area contributed by atoms with Gasteiger partial charge in [0.2, 0.25) is 0 Å². The van der Waals surface area contributed by atoms with Crippen LogP contribution in [0.2, 0.25) is 0 Å². The summed E-state index contributed by atoms with van der Waals surface area (Å²) in [5.41, 5.74) is 4.16. The van der Waals surface area contributed by atoms with E-state index >= 15 is 0 Å². The third-order valence-corrected chi connectivity index (χ3v) is 5.55. The SMILES string of the molecule is Cc1ccc([C@@H](c2ccccc2)N2CCN(C(=O)c3cccc(F)c3)CC2)cc1. The molecule has 0 bridgehead atoms. The lowest BCUT2D eigenvalue weighted by Crippen LogP contribution is -2.49. The van der Waals surface area contributed by atoms with Gasteiger partial charge in [0.25, 0.3) is 5.91 Å². The lowest BCUT2D eigenvalue weighted by atomic mass is 9.95. The molecular formula is C25H25FN2O. The van der Waals surface area contributed by atoms with Crippen molar-refractivity contribution in [2.75, 3.05) is 26.2 Å². The first-order chi connectivity index (χ1) is 14.1. The van der Waals surface area contributed by atoms with E-state index in [-0.39, 0.29) is 17.8 Å². The van der Waals surface area contributed by atoms with Crippen molar-refractivity contribution in [2.45, 2.75) is 13.0 Å². The summed E-state index contributed by atoms with van der Waals surface area (Å²) in [5, 5.41) is 0. The van der Waals surface area contributed by atoms with Crippen LogP contribution in [0, 0.1) is 12.7 Å². The van der Waals surface area contributed by atoms with Gasteiger partial charge in [-0.2, -0.15) is 0 Å². The Balaban J connectivity index is 1.52. The van der Waals surface area contributed by atoms with Gasteiger partial charge in [-0.25, -0.2) is 4.39 Å². The van der Waals surface area contributed by atoms with Gasteiger partial charge >= 0.3 is 0 Å². The van der Waals surface area contributed by atoms with Crippen molar-refractivity contribution in [3.05, 3.63) is 107 Å². The standard InChI is InChI=1S/C25H25FN2O/c1-19-10-12-21(13-11-19)24(20-6-3-2-4-7-20)27-14-16-28(17-15-27)25(29)22-8-5-9-23(26)18-22/h2-13,18,24H,14-17H2,1H3/t24-/m1/s1. The van der Waals surface area contributed by atoms with Crippen molar-refractivity contribution in [1.82, 2.24) is 9.80 Å². The summed E-state index contributed by atoms with van der Waals surface area (Å²) in [4.78, 5) is 17.0. The molecule has 1 atom stereocenters. The number of rotatable bonds is 4. The number of benzene rings is 3. The Morgan fingerprint density at radius 3 is 2.14 bits per heavy atom. The molecule has 0 N–H and O–H groups in total. The van der Waals surface area contributed by atoms with E-state index in [2.05, 4.69) is 60.4 Å². The molecule has 0 aliphatic carbocycles. The minimum atomic E-state index is -0.377. The number of amides is 1. The van der Waals surface area contributed by atoms with E-state index in [1.807, 2.05) is 11.0 Å². The van der Waals surface area contributed by atoms with E-state index < -0.39 is 0 Å². The molecule has 1 aliphatic heterocycles. The molecule has 0 radical (unpaired) electrons. The van der Waals surface area contributed by atoms with Crippen molar-refractivity contribution in [3.8, 4) is 0 Å². The van der Waals surface area contributed by atoms with Crippen LogP contribution in [0.5, 0.6) is 0 Å². The Kier molecular flexibility index (Phi) is 5.72. The Bertz CT molecular complexity index is 964. The second kappa shape index (κ2) is 8.58. The summed E-state index contributed by atoms with van der Waals surface area (Å²) >= 11 is 0. The predicted molar refractivity (Wildman–Crippen MR) is 113 cm³/mol. The van der Waals surface area contributed by atoms with Gasteiger partial charge in [-0.05, 0) is 36.2 Å². The fourth-order valence-electron chi connectivity index (χ4n) is 3.99. The molecule has 4 heteroatoms. The molecule has 1 fully saturated rings. The van der Waals surface area contributed by atoms with E-state index in [1.165, 1.54) is 28.8 Å². The number of nitrogens with zero attached hydrogens (tertiary/aromatic N) is 2. The molecular weight excluding hydrogens is 363 g/mol. The lowest BCUT2D eigenvalue weighted by molar-refractivity contribution is 0.0597. The summed E-state index contributed by atoms with van der Waals surface area (Å²) in [6.07, 6.45) is 0. The predicted octanol–water partition coefficient (Wildman–Crippen LogP) is 4.68. The first-order valence-electron chi connectivity index (χ1n) is 10.0. The number of carbonyl (C=O) groups excluding carboxylic acids is 1. The third-order valence-electron chi connectivity index (χ3n) is 5.55. The summed E-state index contributed by atoms with van der Waals surface area (Å²) < 4.78 is 13.5. The molecule has 1 amide bonds. The molecule has 0 saturated carbocycles. The maximum absolute atomic E-state index is 13.5. The van der Waals surface area contributed by atoms with Crippen molar-refractivity contribution in [2.24, 2.45) is 0 Å². The number of aryl methyl sites for hydroxylation is 1. The van der Waals surface area contributed by atoms with Crippen LogP contribution in [0.1, 0.15) is 33.1 Å². The van der Waals surface area contributed by atoms with Crippen LogP contribution in [0.3, 0.4) is 0 Å². The number of hydrogen-bond donors (Lipinski definition) is 0. The topological polar surface area (TPSA) is 23.6 Å². The minimum Gasteiger partial charge on any atom is -0.336 e. The molecule has 3 aromatic rings. The van der Waals surface area contributed by atoms with Crippen LogP contribution in [-0.4, -0.2) is 41.9 Å². The van der Waals surface area contributed by atoms with Crippen molar-refractivity contribution in [3.63, 3.8) is 0 Å². The average molecular weight is 388 g/mol. The maximum Gasteiger partial charge on any atom is 0.254 e. The Labute approximate surface area is 171 Å². The van der Waals surface area contributed by atoms with Crippen LogP contribution >= 0.6 is 0 Å². The van der Waals surface area contributed by atoms with Gasteiger partial charge in [-0.3, -0.25) is 9.69 Å². The van der Waals surface area contributed by atoms with E-state index in [0.29, 0.717) is 18.7 Å². The van der Waals surface area contributed by atoms with Gasteiger partial charge in [0.05, 0.1) is 6.04 Å². The van der Waals surface area contributed by atoms with Crippen LogP contribution in [0.4, 0.5) is 4.39 Å². The van der Waals surface area contributed by atoms with Gasteiger partial charge < -0.3 is 4.90 Å². The molecule has 1 saturated heterocycles. The summed E-state index contributed by atoms with van der Waals surface area (Å²) in [6, 6.07) is 25.3. The monoisotopic (exact) mass is 388 g/mol. The molecule has 0 spiro atoms. The quantitative estimate of drug-likeness (QED) is 0.648. The smallest absolute Gasteiger partial charge is 0.254 e. The van der Waals surface area contributed by atoms with Crippen molar-refractivity contribution in [1.29, 1.82) is 0 Å². The van der Waals surface area contributed by atoms with Gasteiger partial charge in [0.1, 0.15) is 5.82 Å². The van der Waals surface area contributed by atoms with Gasteiger partial charge in [-0.15, -0.1) is 0 Å². The summed E-state index contributed by atoms with van der Waals surface area (Å²) in [5.74, 6) is -0.478. The molecule has 29 heavy (non-hydrogen) atoms. The Morgan fingerprint density at radius 1 is 0.828 bits per heavy atom.